The Labute approximate surface area is 165 Å². The number of esters is 3. The average Bonchev–Trinajstić information content (AvgIpc) is 2.99. The molecule has 2 fully saturated rings. The maximum absolute atomic E-state index is 12.2. The summed E-state index contributed by atoms with van der Waals surface area (Å²) in [4.78, 5) is 35.6. The Morgan fingerprint density at radius 2 is 2.00 bits per heavy atom. The van der Waals surface area contributed by atoms with E-state index in [4.69, 9.17) is 14.2 Å². The van der Waals surface area contributed by atoms with Gasteiger partial charge < -0.3 is 14.2 Å². The molecule has 152 valence electrons. The average molecular weight is 388 g/mol. The Morgan fingerprint density at radius 1 is 1.29 bits per heavy atom. The lowest BCUT2D eigenvalue weighted by molar-refractivity contribution is -0.148. The molecule has 0 spiro atoms. The lowest BCUT2D eigenvalue weighted by Gasteiger charge is -2.24. The Kier molecular flexibility index (Phi) is 5.77. The van der Waals surface area contributed by atoms with E-state index in [1.807, 2.05) is 13.8 Å². The summed E-state index contributed by atoms with van der Waals surface area (Å²) < 4.78 is 16.6. The highest BCUT2D eigenvalue weighted by molar-refractivity contribution is 5.91. The van der Waals surface area contributed by atoms with Crippen molar-refractivity contribution < 1.29 is 28.6 Å². The molecule has 6 nitrogen and oxygen atoms in total. The molecule has 0 radical (unpaired) electrons. The van der Waals surface area contributed by atoms with Crippen LogP contribution in [0.1, 0.15) is 46.5 Å². The number of rotatable bonds is 5. The van der Waals surface area contributed by atoms with Crippen molar-refractivity contribution in [3.8, 4) is 0 Å². The first-order chi connectivity index (χ1) is 13.2. The van der Waals surface area contributed by atoms with Crippen molar-refractivity contribution in [3.63, 3.8) is 0 Å². The fourth-order valence-corrected chi connectivity index (χ4v) is 4.43. The van der Waals surface area contributed by atoms with Gasteiger partial charge in [-0.25, -0.2) is 4.79 Å². The zero-order chi connectivity index (χ0) is 20.6. The monoisotopic (exact) mass is 388 g/mol. The molecule has 3 aliphatic rings. The van der Waals surface area contributed by atoms with Gasteiger partial charge in [-0.1, -0.05) is 32.6 Å². The molecule has 0 aromatic carbocycles. The van der Waals surface area contributed by atoms with Gasteiger partial charge in [0.25, 0.3) is 0 Å². The normalized spacial score (nSPS) is 29.4. The van der Waals surface area contributed by atoms with Gasteiger partial charge in [0.1, 0.15) is 18.8 Å². The van der Waals surface area contributed by atoms with Crippen LogP contribution in [0, 0.1) is 17.8 Å². The van der Waals surface area contributed by atoms with Crippen molar-refractivity contribution in [3.05, 3.63) is 35.5 Å². The van der Waals surface area contributed by atoms with Crippen LogP contribution in [0.4, 0.5) is 0 Å². The van der Waals surface area contributed by atoms with Crippen molar-refractivity contribution in [1.82, 2.24) is 0 Å². The first-order valence-corrected chi connectivity index (χ1v) is 9.81. The quantitative estimate of drug-likeness (QED) is 0.311. The molecular formula is C22H28O6. The van der Waals surface area contributed by atoms with E-state index in [-0.39, 0.29) is 48.4 Å². The van der Waals surface area contributed by atoms with E-state index in [9.17, 15) is 14.4 Å². The summed E-state index contributed by atoms with van der Waals surface area (Å²) in [6.07, 6.45) is 1.38. The van der Waals surface area contributed by atoms with Gasteiger partial charge in [-0.3, -0.25) is 9.59 Å². The molecule has 3 rings (SSSR count). The van der Waals surface area contributed by atoms with Crippen LogP contribution in [0.3, 0.4) is 0 Å². The summed E-state index contributed by atoms with van der Waals surface area (Å²) in [6, 6.07) is 0. The largest absolute Gasteiger partial charge is 0.461 e. The van der Waals surface area contributed by atoms with Gasteiger partial charge in [0.2, 0.25) is 0 Å². The molecule has 1 saturated carbocycles. The van der Waals surface area contributed by atoms with E-state index in [1.165, 1.54) is 6.92 Å². The fraction of sp³-hybridized carbons (Fsp3) is 0.591. The second-order valence-corrected chi connectivity index (χ2v) is 8.28. The number of carbonyl (C=O) groups is 3. The van der Waals surface area contributed by atoms with Gasteiger partial charge in [-0.15, -0.1) is 0 Å². The molecule has 4 atom stereocenters. The van der Waals surface area contributed by atoms with Gasteiger partial charge in [0.05, 0.1) is 0 Å². The Bertz CT molecular complexity index is 759. The number of fused-ring (bicyclic) bond motifs is 3. The van der Waals surface area contributed by atoms with Crippen LogP contribution in [-0.4, -0.2) is 36.7 Å². The third kappa shape index (κ3) is 3.91. The van der Waals surface area contributed by atoms with Crippen molar-refractivity contribution in [2.45, 2.75) is 58.7 Å². The van der Waals surface area contributed by atoms with Crippen molar-refractivity contribution >= 4 is 17.9 Å². The SMILES string of the molecule is C=C1[C@H]2C(=C(COC(C)=O)CC[C@H]3C(=C)C(=O)O[C@H]23)C[C@@H]1OC(=O)CC(C)C. The first kappa shape index (κ1) is 20.4. The summed E-state index contributed by atoms with van der Waals surface area (Å²) in [6.45, 7) is 13.6. The van der Waals surface area contributed by atoms with E-state index in [1.54, 1.807) is 0 Å². The third-order valence-electron chi connectivity index (χ3n) is 5.78. The van der Waals surface area contributed by atoms with Gasteiger partial charge in [0.15, 0.2) is 0 Å². The molecule has 2 aliphatic carbocycles. The number of ether oxygens (including phenoxy) is 3. The lowest BCUT2D eigenvalue weighted by Crippen LogP contribution is -2.28. The summed E-state index contributed by atoms with van der Waals surface area (Å²) in [5.74, 6) is -1.12. The minimum atomic E-state index is -0.454. The zero-order valence-electron chi connectivity index (χ0n) is 16.8. The molecular weight excluding hydrogens is 360 g/mol. The van der Waals surface area contributed by atoms with E-state index in [2.05, 4.69) is 13.2 Å². The molecule has 0 aromatic heterocycles. The third-order valence-corrected chi connectivity index (χ3v) is 5.78. The van der Waals surface area contributed by atoms with Crippen molar-refractivity contribution in [2.75, 3.05) is 6.61 Å². The molecule has 1 heterocycles. The smallest absolute Gasteiger partial charge is 0.334 e. The van der Waals surface area contributed by atoms with Crippen LogP contribution in [0.5, 0.6) is 0 Å². The fourth-order valence-electron chi connectivity index (χ4n) is 4.43. The Balaban J connectivity index is 1.90. The minimum Gasteiger partial charge on any atom is -0.461 e. The number of hydrogen-bond donors (Lipinski definition) is 0. The molecule has 28 heavy (non-hydrogen) atoms. The number of hydrogen-bond acceptors (Lipinski definition) is 6. The lowest BCUT2D eigenvalue weighted by atomic mass is 9.84. The summed E-state index contributed by atoms with van der Waals surface area (Å²) in [7, 11) is 0. The highest BCUT2D eigenvalue weighted by Gasteiger charge is 2.51. The molecule has 1 saturated heterocycles. The van der Waals surface area contributed by atoms with Crippen molar-refractivity contribution in [2.24, 2.45) is 17.8 Å². The van der Waals surface area contributed by atoms with Gasteiger partial charge in [-0.05, 0) is 29.9 Å². The predicted molar refractivity (Wildman–Crippen MR) is 102 cm³/mol. The molecule has 0 unspecified atom stereocenters. The Hall–Kier alpha value is -2.37. The maximum atomic E-state index is 12.2. The molecule has 0 bridgehead atoms. The summed E-state index contributed by atoms with van der Waals surface area (Å²) in [5.41, 5.74) is 3.24. The van der Waals surface area contributed by atoms with Crippen LogP contribution in [-0.2, 0) is 28.6 Å². The molecule has 1 aliphatic heterocycles. The van der Waals surface area contributed by atoms with E-state index >= 15 is 0 Å². The zero-order valence-corrected chi connectivity index (χ0v) is 16.8. The molecule has 0 amide bonds. The second kappa shape index (κ2) is 7.94. The number of carbonyl (C=O) groups excluding carboxylic acids is 3. The summed E-state index contributed by atoms with van der Waals surface area (Å²) in [5, 5.41) is 0. The van der Waals surface area contributed by atoms with Crippen LogP contribution in [0.25, 0.3) is 0 Å². The predicted octanol–water partition coefficient (Wildman–Crippen LogP) is 3.27. The van der Waals surface area contributed by atoms with Crippen LogP contribution in [0.2, 0.25) is 0 Å². The van der Waals surface area contributed by atoms with Crippen LogP contribution < -0.4 is 0 Å². The van der Waals surface area contributed by atoms with Crippen molar-refractivity contribution in [1.29, 1.82) is 0 Å². The van der Waals surface area contributed by atoms with Crippen LogP contribution in [0.15, 0.2) is 35.5 Å². The van der Waals surface area contributed by atoms with Gasteiger partial charge in [0, 0.05) is 37.2 Å². The van der Waals surface area contributed by atoms with E-state index in [0.717, 1.165) is 16.7 Å². The van der Waals surface area contributed by atoms with Gasteiger partial charge >= 0.3 is 17.9 Å². The summed E-state index contributed by atoms with van der Waals surface area (Å²) >= 11 is 0. The molecule has 6 heteroatoms. The highest BCUT2D eigenvalue weighted by Crippen LogP contribution is 2.50. The minimum absolute atomic E-state index is 0.107. The van der Waals surface area contributed by atoms with E-state index in [0.29, 0.717) is 31.3 Å². The topological polar surface area (TPSA) is 78.9 Å². The maximum Gasteiger partial charge on any atom is 0.334 e. The highest BCUT2D eigenvalue weighted by atomic mass is 16.6. The molecule has 0 aromatic rings. The standard InChI is InChI=1S/C22H28O6/c1-11(2)8-19(24)27-18-9-17-15(10-26-14(5)23)6-7-16-12(3)22(25)28-21(16)20(17)13(18)4/h11,16,18,20-21H,3-4,6-10H2,1-2,5H3/t16-,18-,20-,21-/m0/s1. The first-order valence-electron chi connectivity index (χ1n) is 9.81. The Morgan fingerprint density at radius 3 is 2.64 bits per heavy atom. The van der Waals surface area contributed by atoms with Gasteiger partial charge in [-0.2, -0.15) is 0 Å². The van der Waals surface area contributed by atoms with Crippen LogP contribution >= 0.6 is 0 Å². The second-order valence-electron chi connectivity index (χ2n) is 8.28. The van der Waals surface area contributed by atoms with E-state index < -0.39 is 6.10 Å². The molecule has 0 N–H and O–H groups in total.